The molecule has 1 saturated carbocycles. The molecule has 3 aromatic heterocycles. The van der Waals surface area contributed by atoms with E-state index in [1.165, 1.54) is 50.0 Å². The lowest BCUT2D eigenvalue weighted by atomic mass is 9.94. The zero-order valence-electron chi connectivity index (χ0n) is 23.5. The predicted molar refractivity (Wildman–Crippen MR) is 161 cm³/mol. The van der Waals surface area contributed by atoms with Crippen molar-refractivity contribution in [2.75, 3.05) is 70.6 Å². The summed E-state index contributed by atoms with van der Waals surface area (Å²) < 4.78 is 1.08. The molecule has 0 bridgehead atoms. The Hall–Kier alpha value is -2.75. The van der Waals surface area contributed by atoms with E-state index in [4.69, 9.17) is 4.98 Å². The van der Waals surface area contributed by atoms with Crippen LogP contribution in [0, 0.1) is 0 Å². The molecule has 6 rings (SSSR count). The number of likely N-dealkylation sites (tertiary alicyclic amines) is 1. The van der Waals surface area contributed by atoms with E-state index in [0.29, 0.717) is 5.92 Å². The van der Waals surface area contributed by atoms with Gasteiger partial charge in [0.2, 0.25) is 0 Å². The molecule has 1 N–H and O–H groups in total. The molecule has 0 radical (unpaired) electrons. The lowest BCUT2D eigenvalue weighted by molar-refractivity contribution is 0.0831. The second kappa shape index (κ2) is 11.4. The van der Waals surface area contributed by atoms with Gasteiger partial charge >= 0.3 is 0 Å². The number of hydrogen-bond acceptors (Lipinski definition) is 8. The molecule has 0 spiro atoms. The smallest absolute Gasteiger partial charge is 0.263 e. The number of carbonyl (C=O) groups excluding carboxylic acids is 1. The Balaban J connectivity index is 1.14. The first-order chi connectivity index (χ1) is 19.0. The number of rotatable bonds is 6. The second-order valence-corrected chi connectivity index (χ2v) is 12.7. The van der Waals surface area contributed by atoms with Gasteiger partial charge in [0, 0.05) is 57.9 Å². The van der Waals surface area contributed by atoms with E-state index >= 15 is 0 Å². The number of carbonyl (C=O) groups is 1. The summed E-state index contributed by atoms with van der Waals surface area (Å²) in [5.41, 5.74) is 2.40. The molecule has 1 aliphatic carbocycles. The summed E-state index contributed by atoms with van der Waals surface area (Å²) in [6.45, 7) is 6.79. The average molecular weight is 548 g/mol. The maximum absolute atomic E-state index is 13.0. The van der Waals surface area contributed by atoms with Crippen molar-refractivity contribution in [3.8, 4) is 0 Å². The fourth-order valence-corrected chi connectivity index (χ4v) is 7.82. The standard InChI is InChI=1S/C30H41N7OS/c1-34(2)30(38)29-28(21-6-4-5-7-21)24-18-27(32-20-25(24)39-29)33-26-9-8-23(19-31-26)37-16-14-36(15-17-37)22-10-12-35(3)13-11-22/h8-9,18-22H,4-7,10-17H2,1-3H3,(H,31,32,33). The van der Waals surface area contributed by atoms with Crippen molar-refractivity contribution in [1.82, 2.24) is 24.7 Å². The van der Waals surface area contributed by atoms with E-state index in [0.717, 1.165) is 71.7 Å². The fraction of sp³-hybridized carbons (Fsp3) is 0.567. The topological polar surface area (TPSA) is 67.8 Å². The van der Waals surface area contributed by atoms with Crippen molar-refractivity contribution in [2.24, 2.45) is 0 Å². The van der Waals surface area contributed by atoms with Gasteiger partial charge < -0.3 is 20.0 Å². The first kappa shape index (κ1) is 26.5. The maximum atomic E-state index is 13.0. The third-order valence-corrected chi connectivity index (χ3v) is 10.0. The molecule has 3 aliphatic rings. The van der Waals surface area contributed by atoms with Gasteiger partial charge in [0.05, 0.1) is 21.5 Å². The van der Waals surface area contributed by atoms with E-state index in [-0.39, 0.29) is 5.91 Å². The molecule has 5 heterocycles. The van der Waals surface area contributed by atoms with Crippen LogP contribution in [0.5, 0.6) is 0 Å². The molecule has 2 aliphatic heterocycles. The monoisotopic (exact) mass is 547 g/mol. The third kappa shape index (κ3) is 5.62. The largest absolute Gasteiger partial charge is 0.368 e. The quantitative estimate of drug-likeness (QED) is 0.465. The lowest BCUT2D eigenvalue weighted by Crippen LogP contribution is -2.53. The minimum atomic E-state index is 0.0945. The number of piperazine rings is 1. The Morgan fingerprint density at radius 1 is 0.949 bits per heavy atom. The van der Waals surface area contributed by atoms with Crippen molar-refractivity contribution in [1.29, 1.82) is 0 Å². The summed E-state index contributed by atoms with van der Waals surface area (Å²) in [6.07, 6.45) is 11.2. The lowest BCUT2D eigenvalue weighted by Gasteiger charge is -2.42. The molecule has 0 unspecified atom stereocenters. The highest BCUT2D eigenvalue weighted by atomic mass is 32.1. The van der Waals surface area contributed by atoms with Crippen molar-refractivity contribution < 1.29 is 4.79 Å². The van der Waals surface area contributed by atoms with Gasteiger partial charge in [0.15, 0.2) is 0 Å². The van der Waals surface area contributed by atoms with E-state index in [9.17, 15) is 4.79 Å². The summed E-state index contributed by atoms with van der Waals surface area (Å²) in [5, 5.41) is 4.58. The van der Waals surface area contributed by atoms with Crippen LogP contribution in [0.3, 0.4) is 0 Å². The summed E-state index contributed by atoms with van der Waals surface area (Å²) in [5.74, 6) is 2.11. The van der Waals surface area contributed by atoms with Crippen molar-refractivity contribution in [3.63, 3.8) is 0 Å². The predicted octanol–water partition coefficient (Wildman–Crippen LogP) is 5.01. The van der Waals surface area contributed by atoms with Crippen LogP contribution < -0.4 is 10.2 Å². The van der Waals surface area contributed by atoms with Gasteiger partial charge in [-0.15, -0.1) is 11.3 Å². The van der Waals surface area contributed by atoms with Gasteiger partial charge in [-0.25, -0.2) is 9.97 Å². The molecule has 8 nitrogen and oxygen atoms in total. The molecule has 9 heteroatoms. The number of hydrogen-bond donors (Lipinski definition) is 1. The highest BCUT2D eigenvalue weighted by Crippen LogP contribution is 2.44. The second-order valence-electron chi connectivity index (χ2n) is 11.7. The molecule has 3 aromatic rings. The highest BCUT2D eigenvalue weighted by Gasteiger charge is 2.29. The van der Waals surface area contributed by atoms with E-state index in [1.807, 2.05) is 26.5 Å². The van der Waals surface area contributed by atoms with Crippen molar-refractivity contribution in [3.05, 3.63) is 41.0 Å². The number of piperidine rings is 1. The van der Waals surface area contributed by atoms with Gasteiger partial charge in [0.1, 0.15) is 11.6 Å². The molecule has 1 amide bonds. The van der Waals surface area contributed by atoms with Gasteiger partial charge in [-0.3, -0.25) is 9.69 Å². The molecule has 0 aromatic carbocycles. The zero-order chi connectivity index (χ0) is 26.9. The normalized spacial score (nSPS) is 20.1. The molecular weight excluding hydrogens is 506 g/mol. The van der Waals surface area contributed by atoms with E-state index in [1.54, 1.807) is 16.2 Å². The number of fused-ring (bicyclic) bond motifs is 1. The average Bonchev–Trinajstić information content (AvgIpc) is 3.61. The molecule has 3 fully saturated rings. The van der Waals surface area contributed by atoms with Crippen molar-refractivity contribution >= 4 is 44.7 Å². The summed E-state index contributed by atoms with van der Waals surface area (Å²) in [4.78, 5) is 32.6. The van der Waals surface area contributed by atoms with Crippen LogP contribution in [-0.4, -0.2) is 97.0 Å². The fourth-order valence-electron chi connectivity index (χ4n) is 6.56. The zero-order valence-corrected chi connectivity index (χ0v) is 24.3. The van der Waals surface area contributed by atoms with Crippen LogP contribution in [0.1, 0.15) is 59.7 Å². The Bertz CT molecular complexity index is 1280. The van der Waals surface area contributed by atoms with Gasteiger partial charge in [-0.2, -0.15) is 0 Å². The summed E-state index contributed by atoms with van der Waals surface area (Å²) >= 11 is 1.58. The minimum Gasteiger partial charge on any atom is -0.368 e. The SMILES string of the molecule is CN1CCC(N2CCN(c3ccc(Nc4cc5c(C6CCCC6)c(C(=O)N(C)C)sc5cn4)nc3)CC2)CC1. The number of nitrogens with zero attached hydrogens (tertiary/aromatic N) is 6. The van der Waals surface area contributed by atoms with Crippen molar-refractivity contribution in [2.45, 2.75) is 50.5 Å². The number of thiophene rings is 1. The Morgan fingerprint density at radius 3 is 2.33 bits per heavy atom. The van der Waals surface area contributed by atoms with E-state index < -0.39 is 0 Å². The summed E-state index contributed by atoms with van der Waals surface area (Å²) in [6, 6.07) is 7.08. The molecule has 0 atom stereocenters. The third-order valence-electron chi connectivity index (χ3n) is 8.87. The Labute approximate surface area is 236 Å². The van der Waals surface area contributed by atoms with Gasteiger partial charge in [-0.05, 0) is 75.5 Å². The molecule has 39 heavy (non-hydrogen) atoms. The van der Waals surface area contributed by atoms with E-state index in [2.05, 4.69) is 50.2 Å². The van der Waals surface area contributed by atoms with Gasteiger partial charge in [0.25, 0.3) is 5.91 Å². The number of aromatic nitrogens is 2. The van der Waals surface area contributed by atoms with Crippen LogP contribution in [0.4, 0.5) is 17.3 Å². The maximum Gasteiger partial charge on any atom is 0.263 e. The number of pyridine rings is 2. The summed E-state index contributed by atoms with van der Waals surface area (Å²) in [7, 11) is 5.90. The Morgan fingerprint density at radius 2 is 1.67 bits per heavy atom. The van der Waals surface area contributed by atoms with Crippen LogP contribution in [-0.2, 0) is 0 Å². The molecule has 208 valence electrons. The van der Waals surface area contributed by atoms with Crippen LogP contribution in [0.2, 0.25) is 0 Å². The first-order valence-corrected chi connectivity index (χ1v) is 15.3. The number of anilines is 3. The number of nitrogens with one attached hydrogen (secondary N) is 1. The highest BCUT2D eigenvalue weighted by molar-refractivity contribution is 7.21. The minimum absolute atomic E-state index is 0.0945. The number of amides is 1. The molecular formula is C30H41N7OS. The van der Waals surface area contributed by atoms with Crippen LogP contribution >= 0.6 is 11.3 Å². The van der Waals surface area contributed by atoms with Crippen LogP contribution in [0.25, 0.3) is 10.1 Å². The molecule has 2 saturated heterocycles. The Kier molecular flexibility index (Phi) is 7.73. The van der Waals surface area contributed by atoms with Crippen LogP contribution in [0.15, 0.2) is 30.6 Å². The van der Waals surface area contributed by atoms with Gasteiger partial charge in [-0.1, -0.05) is 12.8 Å². The first-order valence-electron chi connectivity index (χ1n) is 14.5.